The molecular weight excluding hydrogens is 280 g/mol. The number of rotatable bonds is 3. The molecule has 2 nitrogen and oxygen atoms in total. The highest BCUT2D eigenvalue weighted by Crippen LogP contribution is 2.31. The summed E-state index contributed by atoms with van der Waals surface area (Å²) >= 11 is 0. The molecule has 3 rings (SSSR count). The first-order valence-corrected chi connectivity index (χ1v) is 8.10. The minimum absolute atomic E-state index is 0.755. The second-order valence-corrected chi connectivity index (χ2v) is 5.86. The van der Waals surface area contributed by atoms with Crippen molar-refractivity contribution in [2.45, 2.75) is 25.7 Å². The summed E-state index contributed by atoms with van der Waals surface area (Å²) in [5, 5.41) is 0. The van der Waals surface area contributed by atoms with Crippen molar-refractivity contribution in [1.82, 2.24) is 0 Å². The van der Waals surface area contributed by atoms with Gasteiger partial charge in [0.25, 0.3) is 0 Å². The van der Waals surface area contributed by atoms with Crippen LogP contribution >= 0.6 is 0 Å². The number of nitrogen functional groups attached to an aromatic ring is 1. The summed E-state index contributed by atoms with van der Waals surface area (Å²) in [6.07, 6.45) is 17.0. The lowest BCUT2D eigenvalue weighted by Gasteiger charge is -2.17. The second-order valence-electron chi connectivity index (χ2n) is 5.86. The molecule has 0 saturated carbocycles. The maximum absolute atomic E-state index is 5.85. The van der Waals surface area contributed by atoms with Crippen LogP contribution in [-0.2, 0) is 0 Å². The number of nitrogens with two attached hydrogens (primary N) is 1. The molecule has 0 spiro atoms. The predicted molar refractivity (Wildman–Crippen MR) is 99.4 cm³/mol. The van der Waals surface area contributed by atoms with E-state index in [4.69, 9.17) is 10.7 Å². The van der Waals surface area contributed by atoms with E-state index in [2.05, 4.69) is 37.0 Å². The van der Waals surface area contributed by atoms with Crippen molar-refractivity contribution in [2.24, 2.45) is 4.99 Å². The van der Waals surface area contributed by atoms with Crippen LogP contribution in [-0.4, -0.2) is 6.21 Å². The van der Waals surface area contributed by atoms with E-state index in [0.29, 0.717) is 0 Å². The van der Waals surface area contributed by atoms with Gasteiger partial charge in [-0.3, -0.25) is 4.99 Å². The van der Waals surface area contributed by atoms with Crippen LogP contribution in [0.25, 0.3) is 0 Å². The first kappa shape index (κ1) is 15.3. The van der Waals surface area contributed by atoms with Crippen molar-refractivity contribution in [3.63, 3.8) is 0 Å². The van der Waals surface area contributed by atoms with Gasteiger partial charge in [-0.1, -0.05) is 49.1 Å². The van der Waals surface area contributed by atoms with E-state index in [1.165, 1.54) is 11.1 Å². The largest absolute Gasteiger partial charge is 0.399 e. The number of benzene rings is 1. The molecule has 1 aromatic rings. The zero-order valence-electron chi connectivity index (χ0n) is 13.3. The fourth-order valence-corrected chi connectivity index (χ4v) is 2.88. The minimum Gasteiger partial charge on any atom is -0.399 e. The van der Waals surface area contributed by atoms with Crippen LogP contribution in [0.3, 0.4) is 0 Å². The molecule has 0 unspecified atom stereocenters. The highest BCUT2D eigenvalue weighted by molar-refractivity contribution is 5.82. The smallest absolute Gasteiger partial charge is 0.0736 e. The molecule has 2 N–H and O–H groups in total. The summed E-state index contributed by atoms with van der Waals surface area (Å²) < 4.78 is 0. The normalized spacial score (nSPS) is 20.0. The maximum Gasteiger partial charge on any atom is 0.0736 e. The van der Waals surface area contributed by atoms with Crippen molar-refractivity contribution in [1.29, 1.82) is 0 Å². The third-order valence-electron chi connectivity index (χ3n) is 4.08. The number of hydrogen-bond acceptors (Lipinski definition) is 2. The molecule has 2 aliphatic carbocycles. The van der Waals surface area contributed by atoms with Crippen molar-refractivity contribution in [2.75, 3.05) is 5.73 Å². The van der Waals surface area contributed by atoms with Gasteiger partial charge in [0, 0.05) is 11.9 Å². The molecule has 1 aromatic carbocycles. The van der Waals surface area contributed by atoms with Gasteiger partial charge in [-0.05, 0) is 60.1 Å². The second kappa shape index (κ2) is 7.10. The molecule has 0 fully saturated rings. The van der Waals surface area contributed by atoms with Gasteiger partial charge in [0.05, 0.1) is 5.70 Å². The van der Waals surface area contributed by atoms with Crippen molar-refractivity contribution >= 4 is 11.9 Å². The lowest BCUT2D eigenvalue weighted by Crippen LogP contribution is -2.00. The lowest BCUT2D eigenvalue weighted by atomic mass is 9.91. The van der Waals surface area contributed by atoms with Gasteiger partial charge in [-0.25, -0.2) is 0 Å². The Bertz CT molecular complexity index is 758. The van der Waals surface area contributed by atoms with Crippen LogP contribution in [0.15, 0.2) is 88.6 Å². The van der Waals surface area contributed by atoms with E-state index in [0.717, 1.165) is 48.2 Å². The monoisotopic (exact) mass is 302 g/mol. The summed E-state index contributed by atoms with van der Waals surface area (Å²) in [5.74, 6) is 0. The quantitative estimate of drug-likeness (QED) is 0.610. The van der Waals surface area contributed by atoms with Gasteiger partial charge >= 0.3 is 0 Å². The van der Waals surface area contributed by atoms with Crippen LogP contribution in [0.4, 0.5) is 5.69 Å². The van der Waals surface area contributed by atoms with Gasteiger partial charge in [-0.2, -0.15) is 0 Å². The molecule has 2 heteroatoms. The third-order valence-corrected chi connectivity index (χ3v) is 4.08. The molecule has 0 aliphatic heterocycles. The fourth-order valence-electron chi connectivity index (χ4n) is 2.88. The Hall–Kier alpha value is -2.61. The summed E-state index contributed by atoms with van der Waals surface area (Å²) in [6.45, 7) is 4.19. The molecule has 0 bridgehead atoms. The molecule has 0 atom stereocenters. The standard InChI is InChI=1S/C21H22N2/c1-16-8-5-6-13-20(16)21(18-10-3-2-4-11-18)23-15-17-9-7-12-19(22)14-17/h3,5,7-12,14-15H,1-2,4,6,13,22H2/b21-20-,23-15+. The van der Waals surface area contributed by atoms with E-state index in [1.807, 2.05) is 30.5 Å². The SMILES string of the molecule is C=C1C=CCC/C1=C(/N=C/c1cccc(N)c1)C1=CCCC=C1. The lowest BCUT2D eigenvalue weighted by molar-refractivity contribution is 0.942. The fraction of sp³-hybridized carbons (Fsp3) is 0.190. The predicted octanol–water partition coefficient (Wildman–Crippen LogP) is 5.12. The third kappa shape index (κ3) is 3.78. The number of hydrogen-bond donors (Lipinski definition) is 1. The molecule has 0 heterocycles. The van der Waals surface area contributed by atoms with E-state index >= 15 is 0 Å². The maximum atomic E-state index is 5.85. The van der Waals surface area contributed by atoms with Gasteiger partial charge in [0.2, 0.25) is 0 Å². The van der Waals surface area contributed by atoms with Gasteiger partial charge < -0.3 is 5.73 Å². The molecule has 116 valence electrons. The number of aliphatic imine (C=N–C) groups is 1. The highest BCUT2D eigenvalue weighted by atomic mass is 14.7. The molecule has 0 radical (unpaired) electrons. The molecule has 0 amide bonds. The van der Waals surface area contributed by atoms with Crippen molar-refractivity contribution in [3.05, 3.63) is 89.2 Å². The summed E-state index contributed by atoms with van der Waals surface area (Å²) in [5.41, 5.74) is 12.2. The van der Waals surface area contributed by atoms with Crippen molar-refractivity contribution < 1.29 is 0 Å². The topological polar surface area (TPSA) is 38.4 Å². The number of nitrogens with zero attached hydrogens (tertiary/aromatic N) is 1. The van der Waals surface area contributed by atoms with E-state index < -0.39 is 0 Å². The van der Waals surface area contributed by atoms with Crippen LogP contribution in [0, 0.1) is 0 Å². The van der Waals surface area contributed by atoms with Crippen LogP contribution in [0.1, 0.15) is 31.2 Å². The molecule has 23 heavy (non-hydrogen) atoms. The number of allylic oxidation sites excluding steroid dienone is 7. The van der Waals surface area contributed by atoms with Crippen molar-refractivity contribution in [3.8, 4) is 0 Å². The van der Waals surface area contributed by atoms with E-state index in [9.17, 15) is 0 Å². The zero-order chi connectivity index (χ0) is 16.1. The first-order chi connectivity index (χ1) is 11.2. The Morgan fingerprint density at radius 2 is 2.00 bits per heavy atom. The minimum atomic E-state index is 0.755. The zero-order valence-corrected chi connectivity index (χ0v) is 13.3. The van der Waals surface area contributed by atoms with Gasteiger partial charge in [-0.15, -0.1) is 0 Å². The van der Waals surface area contributed by atoms with Gasteiger partial charge in [0.1, 0.15) is 0 Å². The van der Waals surface area contributed by atoms with E-state index in [1.54, 1.807) is 0 Å². The summed E-state index contributed by atoms with van der Waals surface area (Å²) in [6, 6.07) is 7.79. The Morgan fingerprint density at radius 1 is 1.13 bits per heavy atom. The molecule has 0 saturated heterocycles. The Morgan fingerprint density at radius 3 is 2.74 bits per heavy atom. The average molecular weight is 302 g/mol. The van der Waals surface area contributed by atoms with Gasteiger partial charge in [0.15, 0.2) is 0 Å². The Kier molecular flexibility index (Phi) is 4.72. The average Bonchev–Trinajstić information content (AvgIpc) is 2.58. The Labute approximate surface area is 138 Å². The summed E-state index contributed by atoms with van der Waals surface area (Å²) in [4.78, 5) is 4.82. The number of anilines is 1. The highest BCUT2D eigenvalue weighted by Gasteiger charge is 2.14. The Balaban J connectivity index is 2.00. The molecule has 0 aromatic heterocycles. The van der Waals surface area contributed by atoms with Crippen LogP contribution in [0.5, 0.6) is 0 Å². The van der Waals surface area contributed by atoms with Crippen LogP contribution in [0.2, 0.25) is 0 Å². The summed E-state index contributed by atoms with van der Waals surface area (Å²) in [7, 11) is 0. The molecule has 2 aliphatic rings. The molecular formula is C21H22N2. The first-order valence-electron chi connectivity index (χ1n) is 8.10. The van der Waals surface area contributed by atoms with E-state index in [-0.39, 0.29) is 0 Å². The van der Waals surface area contributed by atoms with Crippen LogP contribution < -0.4 is 5.73 Å².